The molecule has 2 saturated heterocycles. The number of aliphatic hydroxyl groups is 1. The van der Waals surface area contributed by atoms with Crippen molar-refractivity contribution >= 4 is 40.1 Å². The molecule has 3 aliphatic rings. The highest BCUT2D eigenvalue weighted by Gasteiger charge is 2.44. The second kappa shape index (κ2) is 12.3. The first-order valence-electron chi connectivity index (χ1n) is 14.9. The monoisotopic (exact) mass is 588 g/mol. The Labute approximate surface area is 249 Å². The number of rotatable bonds is 8. The minimum atomic E-state index is -0.971. The smallest absolute Gasteiger partial charge is 0.304 e. The Bertz CT molecular complexity index is 1450. The van der Waals surface area contributed by atoms with Crippen molar-refractivity contribution in [3.05, 3.63) is 48.0 Å². The van der Waals surface area contributed by atoms with Gasteiger partial charge >= 0.3 is 5.97 Å². The number of aliphatic carboxylic acids is 1. The Morgan fingerprint density at radius 3 is 2.45 bits per heavy atom. The molecule has 0 unspecified atom stereocenters. The molecule has 42 heavy (non-hydrogen) atoms. The number of carboxylic acid groups (broad SMARTS) is 1. The lowest BCUT2D eigenvalue weighted by Gasteiger charge is -2.31. The lowest BCUT2D eigenvalue weighted by atomic mass is 9.76. The quantitative estimate of drug-likeness (QED) is 0.362. The normalized spacial score (nSPS) is 23.5. The maximum absolute atomic E-state index is 14.1. The van der Waals surface area contributed by atoms with Gasteiger partial charge in [0.15, 0.2) is 5.13 Å². The van der Waals surface area contributed by atoms with E-state index in [4.69, 9.17) is 4.98 Å². The number of carbonyl (C=O) groups is 3. The summed E-state index contributed by atoms with van der Waals surface area (Å²) in [6.45, 7) is 0.480. The largest absolute Gasteiger partial charge is 0.481 e. The molecule has 1 aromatic carbocycles. The molecule has 3 atom stereocenters. The first-order valence-corrected chi connectivity index (χ1v) is 15.8. The van der Waals surface area contributed by atoms with Crippen LogP contribution in [-0.2, 0) is 14.4 Å². The maximum atomic E-state index is 14.1. The van der Waals surface area contributed by atoms with Gasteiger partial charge in [0.05, 0.1) is 30.7 Å². The van der Waals surface area contributed by atoms with Gasteiger partial charge in [0.2, 0.25) is 11.8 Å². The van der Waals surface area contributed by atoms with E-state index in [9.17, 15) is 24.6 Å². The summed E-state index contributed by atoms with van der Waals surface area (Å²) in [5.41, 5.74) is 3.38. The van der Waals surface area contributed by atoms with Crippen LogP contribution in [0.5, 0.6) is 0 Å². The Hall–Kier alpha value is -3.63. The van der Waals surface area contributed by atoms with Gasteiger partial charge in [-0.05, 0) is 48.8 Å². The van der Waals surface area contributed by atoms with E-state index < -0.39 is 17.9 Å². The van der Waals surface area contributed by atoms with E-state index in [1.165, 1.54) is 11.3 Å². The van der Waals surface area contributed by atoms with E-state index >= 15 is 0 Å². The minimum Gasteiger partial charge on any atom is -0.481 e. The molecular formula is C32H36N4O5S. The number of nitrogens with zero attached hydrogens (tertiary/aromatic N) is 4. The van der Waals surface area contributed by atoms with Crippen LogP contribution in [-0.4, -0.2) is 57.2 Å². The van der Waals surface area contributed by atoms with E-state index in [0.29, 0.717) is 41.9 Å². The van der Waals surface area contributed by atoms with Crippen LogP contribution >= 0.6 is 11.3 Å². The molecule has 4 heterocycles. The van der Waals surface area contributed by atoms with E-state index in [-0.39, 0.29) is 30.8 Å². The van der Waals surface area contributed by atoms with Gasteiger partial charge in [-0.25, -0.2) is 9.97 Å². The van der Waals surface area contributed by atoms with Gasteiger partial charge in [-0.15, -0.1) is 11.3 Å². The minimum absolute atomic E-state index is 0.00151. The van der Waals surface area contributed by atoms with Crippen molar-refractivity contribution in [1.29, 1.82) is 0 Å². The molecule has 2 amide bonds. The summed E-state index contributed by atoms with van der Waals surface area (Å²) in [7, 11) is 0. The summed E-state index contributed by atoms with van der Waals surface area (Å²) in [5.74, 6) is -0.751. The number of anilines is 2. The van der Waals surface area contributed by atoms with Crippen LogP contribution in [0, 0.1) is 17.8 Å². The number of amides is 2. The highest BCUT2D eigenvalue weighted by molar-refractivity contribution is 7.14. The topological polar surface area (TPSA) is 124 Å². The SMILES string of the molecule is O=C(O)C[C@@H]1C(=O)N(c2nc(-c3ccccc3-c3ccc(N4CCCC4=O)nc3)cs2)[C@@H](CO)CC[C@@H]1C1CCCC1. The molecular weight excluding hydrogens is 552 g/mol. The Morgan fingerprint density at radius 1 is 1.00 bits per heavy atom. The molecule has 0 bridgehead atoms. The first-order chi connectivity index (χ1) is 20.4. The second-order valence-corrected chi connectivity index (χ2v) is 12.5. The summed E-state index contributed by atoms with van der Waals surface area (Å²) in [6, 6.07) is 11.2. The van der Waals surface area contributed by atoms with Gasteiger partial charge in [0, 0.05) is 35.7 Å². The summed E-state index contributed by atoms with van der Waals surface area (Å²) < 4.78 is 0. The van der Waals surface area contributed by atoms with Crippen LogP contribution < -0.4 is 9.80 Å². The van der Waals surface area contributed by atoms with Gasteiger partial charge in [-0.1, -0.05) is 49.9 Å². The molecule has 220 valence electrons. The van der Waals surface area contributed by atoms with Crippen LogP contribution in [0.4, 0.5) is 10.9 Å². The fourth-order valence-electron chi connectivity index (χ4n) is 7.11. The first kappa shape index (κ1) is 28.5. The molecule has 2 N–H and O–H groups in total. The van der Waals surface area contributed by atoms with Crippen LogP contribution in [0.15, 0.2) is 48.0 Å². The highest BCUT2D eigenvalue weighted by Crippen LogP contribution is 2.44. The predicted molar refractivity (Wildman–Crippen MR) is 161 cm³/mol. The molecule has 2 aliphatic heterocycles. The Kier molecular flexibility index (Phi) is 8.35. The Balaban J connectivity index is 1.31. The molecule has 1 aliphatic carbocycles. The van der Waals surface area contributed by atoms with Crippen LogP contribution in [0.2, 0.25) is 0 Å². The van der Waals surface area contributed by atoms with Crippen molar-refractivity contribution in [1.82, 2.24) is 9.97 Å². The fraction of sp³-hybridized carbons (Fsp3) is 0.469. The predicted octanol–water partition coefficient (Wildman–Crippen LogP) is 5.38. The molecule has 2 aromatic heterocycles. The van der Waals surface area contributed by atoms with Gasteiger partial charge in [-0.2, -0.15) is 0 Å². The zero-order valence-electron chi connectivity index (χ0n) is 23.5. The number of aliphatic hydroxyl groups excluding tert-OH is 1. The average molecular weight is 589 g/mol. The zero-order valence-corrected chi connectivity index (χ0v) is 24.3. The van der Waals surface area contributed by atoms with Gasteiger partial charge < -0.3 is 10.2 Å². The van der Waals surface area contributed by atoms with E-state index in [1.54, 1.807) is 16.0 Å². The van der Waals surface area contributed by atoms with Gasteiger partial charge in [0.1, 0.15) is 5.82 Å². The Morgan fingerprint density at radius 2 is 1.79 bits per heavy atom. The summed E-state index contributed by atoms with van der Waals surface area (Å²) in [5, 5.41) is 22.5. The van der Waals surface area contributed by atoms with Crippen molar-refractivity contribution in [3.63, 3.8) is 0 Å². The lowest BCUT2D eigenvalue weighted by Crippen LogP contribution is -2.45. The number of thiazole rings is 1. The third-order valence-electron chi connectivity index (χ3n) is 9.19. The third-order valence-corrected chi connectivity index (χ3v) is 10.0. The molecule has 10 heteroatoms. The summed E-state index contributed by atoms with van der Waals surface area (Å²) in [6.07, 6.45) is 8.58. The number of carbonyl (C=O) groups excluding carboxylic acids is 2. The number of carboxylic acids is 1. The molecule has 9 nitrogen and oxygen atoms in total. The zero-order chi connectivity index (χ0) is 29.2. The van der Waals surface area contributed by atoms with Crippen molar-refractivity contribution in [2.75, 3.05) is 23.0 Å². The average Bonchev–Trinajstić information content (AvgIpc) is 3.77. The van der Waals surface area contributed by atoms with Gasteiger partial charge in [-0.3, -0.25) is 24.2 Å². The number of hydrogen-bond donors (Lipinski definition) is 2. The van der Waals surface area contributed by atoms with Crippen molar-refractivity contribution in [2.24, 2.45) is 17.8 Å². The summed E-state index contributed by atoms with van der Waals surface area (Å²) >= 11 is 1.34. The molecule has 1 saturated carbocycles. The summed E-state index contributed by atoms with van der Waals surface area (Å²) in [4.78, 5) is 50.9. The molecule has 6 rings (SSSR count). The number of pyridine rings is 1. The van der Waals surface area contributed by atoms with E-state index in [0.717, 1.165) is 55.2 Å². The molecule has 0 radical (unpaired) electrons. The standard InChI is InChI=1S/C32H36N4O5S/c37-18-22-12-13-24(20-6-1-2-7-20)26(16-30(39)40)31(41)36(22)32-34-27(19-42-32)25-9-4-3-8-23(25)21-11-14-28(33-17-21)35-15-5-10-29(35)38/h3-4,8-9,11,14,17,19-20,22,24,26,37H,1-2,5-7,10,12-13,15-16,18H2,(H,39,40)/t22-,24-,26+/m1/s1. The maximum Gasteiger partial charge on any atom is 0.304 e. The van der Waals surface area contributed by atoms with Crippen LogP contribution in [0.3, 0.4) is 0 Å². The number of benzene rings is 1. The lowest BCUT2D eigenvalue weighted by molar-refractivity contribution is -0.142. The molecule has 3 aromatic rings. The molecule has 0 spiro atoms. The van der Waals surface area contributed by atoms with Crippen molar-refractivity contribution < 1.29 is 24.6 Å². The number of aromatic nitrogens is 2. The van der Waals surface area contributed by atoms with Crippen LogP contribution in [0.25, 0.3) is 22.4 Å². The van der Waals surface area contributed by atoms with Gasteiger partial charge in [0.25, 0.3) is 0 Å². The second-order valence-electron chi connectivity index (χ2n) is 11.6. The van der Waals surface area contributed by atoms with Crippen molar-refractivity contribution in [2.45, 2.75) is 63.8 Å². The van der Waals surface area contributed by atoms with E-state index in [2.05, 4.69) is 4.98 Å². The van der Waals surface area contributed by atoms with Crippen LogP contribution in [0.1, 0.15) is 57.8 Å². The van der Waals surface area contributed by atoms with E-state index in [1.807, 2.05) is 41.8 Å². The van der Waals surface area contributed by atoms with Crippen molar-refractivity contribution in [3.8, 4) is 22.4 Å². The highest BCUT2D eigenvalue weighted by atomic mass is 32.1. The fourth-order valence-corrected chi connectivity index (χ4v) is 8.01. The molecule has 3 fully saturated rings. The third kappa shape index (κ3) is 5.57. The number of hydrogen-bond acceptors (Lipinski definition) is 7.